The normalized spacial score (nSPS) is 16.5. The van der Waals surface area contributed by atoms with Gasteiger partial charge >= 0.3 is 0 Å². The molecule has 2 N–H and O–H groups in total. The van der Waals surface area contributed by atoms with Gasteiger partial charge < -0.3 is 15.5 Å². The molecular formula is C15H25N3S. The molecule has 0 aliphatic carbocycles. The fourth-order valence-electron chi connectivity index (χ4n) is 1.79. The molecule has 2 rings (SSSR count). The van der Waals surface area contributed by atoms with Crippen molar-refractivity contribution in [3.05, 3.63) is 40.8 Å². The smallest absolute Gasteiger partial charge is 0.0472 e. The van der Waals surface area contributed by atoms with Crippen molar-refractivity contribution in [2.24, 2.45) is 0 Å². The summed E-state index contributed by atoms with van der Waals surface area (Å²) in [7, 11) is 4.04. The minimum Gasteiger partial charge on any atom is -0.387 e. The molecule has 0 unspecified atom stereocenters. The van der Waals surface area contributed by atoms with Gasteiger partial charge in [-0.05, 0) is 24.9 Å². The minimum absolute atomic E-state index is 1.04. The SMILES string of the molecule is CN/C(=C\S)c1ccc(C)cc1.CN1CCNCC1. The van der Waals surface area contributed by atoms with Crippen LogP contribution in [0.3, 0.4) is 0 Å². The molecular weight excluding hydrogens is 254 g/mol. The number of nitrogens with one attached hydrogen (secondary N) is 2. The Hall–Kier alpha value is -0.970. The standard InChI is InChI=1S/C10H13NS.C5H12N2/c1-8-3-5-9(6-4-8)10(7-12)11-2;1-7-4-2-6-3-5-7/h3-7,11-12H,1-2H3;6H,2-5H2,1H3/b10-7-;. The topological polar surface area (TPSA) is 27.3 Å². The number of piperazine rings is 1. The maximum Gasteiger partial charge on any atom is 0.0472 e. The number of hydrogen-bond donors (Lipinski definition) is 3. The third-order valence-corrected chi connectivity index (χ3v) is 3.36. The van der Waals surface area contributed by atoms with Gasteiger partial charge in [-0.15, -0.1) is 12.6 Å². The first-order valence-electron chi connectivity index (χ1n) is 6.66. The van der Waals surface area contributed by atoms with E-state index in [9.17, 15) is 0 Å². The molecule has 0 spiro atoms. The summed E-state index contributed by atoms with van der Waals surface area (Å²) >= 11 is 4.11. The van der Waals surface area contributed by atoms with Crippen molar-refractivity contribution in [1.29, 1.82) is 0 Å². The molecule has 1 saturated heterocycles. The van der Waals surface area contributed by atoms with Crippen molar-refractivity contribution in [3.8, 4) is 0 Å². The van der Waals surface area contributed by atoms with E-state index < -0.39 is 0 Å². The van der Waals surface area contributed by atoms with E-state index in [0.717, 1.165) is 24.4 Å². The molecule has 1 aromatic rings. The Morgan fingerprint density at radius 1 is 1.26 bits per heavy atom. The van der Waals surface area contributed by atoms with Crippen molar-refractivity contribution in [2.45, 2.75) is 6.92 Å². The molecule has 3 nitrogen and oxygen atoms in total. The van der Waals surface area contributed by atoms with Crippen LogP contribution in [0.5, 0.6) is 0 Å². The van der Waals surface area contributed by atoms with E-state index in [1.54, 1.807) is 5.41 Å². The van der Waals surface area contributed by atoms with Gasteiger partial charge in [0.05, 0.1) is 0 Å². The summed E-state index contributed by atoms with van der Waals surface area (Å²) < 4.78 is 0. The Morgan fingerprint density at radius 3 is 2.21 bits per heavy atom. The lowest BCUT2D eigenvalue weighted by Gasteiger charge is -2.21. The Labute approximate surface area is 122 Å². The van der Waals surface area contributed by atoms with Crippen molar-refractivity contribution in [3.63, 3.8) is 0 Å². The van der Waals surface area contributed by atoms with Crippen LogP contribution in [-0.4, -0.2) is 45.2 Å². The number of likely N-dealkylation sites (N-methyl/N-ethyl adjacent to an activating group) is 1. The number of rotatable bonds is 2. The molecule has 0 amide bonds. The van der Waals surface area contributed by atoms with Crippen LogP contribution in [-0.2, 0) is 0 Å². The third kappa shape index (κ3) is 6.14. The Bertz CT molecular complexity index is 381. The van der Waals surface area contributed by atoms with Crippen LogP contribution in [0.15, 0.2) is 29.7 Å². The molecule has 0 aromatic heterocycles. The van der Waals surface area contributed by atoms with Crippen LogP contribution in [0.4, 0.5) is 0 Å². The molecule has 1 aromatic carbocycles. The molecule has 1 aliphatic rings. The van der Waals surface area contributed by atoms with Crippen LogP contribution in [0, 0.1) is 6.92 Å². The molecule has 1 heterocycles. The van der Waals surface area contributed by atoms with Crippen LogP contribution >= 0.6 is 12.6 Å². The molecule has 106 valence electrons. The summed E-state index contributed by atoms with van der Waals surface area (Å²) in [6.07, 6.45) is 0. The van der Waals surface area contributed by atoms with Crippen LogP contribution in [0.2, 0.25) is 0 Å². The van der Waals surface area contributed by atoms with Gasteiger partial charge in [0.15, 0.2) is 0 Å². The maximum atomic E-state index is 4.11. The lowest BCUT2D eigenvalue weighted by Crippen LogP contribution is -2.40. The van der Waals surface area contributed by atoms with Crippen LogP contribution < -0.4 is 10.6 Å². The van der Waals surface area contributed by atoms with Gasteiger partial charge in [0.1, 0.15) is 0 Å². The molecule has 0 radical (unpaired) electrons. The van der Waals surface area contributed by atoms with Gasteiger partial charge in [-0.25, -0.2) is 0 Å². The zero-order valence-corrected chi connectivity index (χ0v) is 13.0. The van der Waals surface area contributed by atoms with E-state index in [0.29, 0.717) is 0 Å². The molecule has 0 saturated carbocycles. The van der Waals surface area contributed by atoms with Gasteiger partial charge in [0.25, 0.3) is 0 Å². The summed E-state index contributed by atoms with van der Waals surface area (Å²) in [6, 6.07) is 8.33. The zero-order valence-electron chi connectivity index (χ0n) is 12.1. The number of thiol groups is 1. The number of hydrogen-bond acceptors (Lipinski definition) is 4. The van der Waals surface area contributed by atoms with Gasteiger partial charge in [0, 0.05) is 38.9 Å². The van der Waals surface area contributed by atoms with E-state index in [2.05, 4.69) is 66.4 Å². The van der Waals surface area contributed by atoms with Crippen LogP contribution in [0.25, 0.3) is 5.70 Å². The number of aryl methyl sites for hydroxylation is 1. The highest BCUT2D eigenvalue weighted by Gasteiger charge is 2.01. The quantitative estimate of drug-likeness (QED) is 0.723. The average Bonchev–Trinajstić information content (AvgIpc) is 2.44. The number of benzene rings is 1. The molecule has 0 bridgehead atoms. The van der Waals surface area contributed by atoms with Crippen molar-refractivity contribution < 1.29 is 0 Å². The third-order valence-electron chi connectivity index (χ3n) is 3.10. The zero-order chi connectivity index (χ0) is 14.1. The average molecular weight is 279 g/mol. The highest BCUT2D eigenvalue weighted by atomic mass is 32.1. The van der Waals surface area contributed by atoms with E-state index in [1.165, 1.54) is 18.7 Å². The highest BCUT2D eigenvalue weighted by molar-refractivity contribution is 7.83. The Kier molecular flexibility index (Phi) is 7.63. The molecule has 1 aliphatic heterocycles. The van der Waals surface area contributed by atoms with Gasteiger partial charge in [0.2, 0.25) is 0 Å². The first-order chi connectivity index (χ1) is 9.17. The Balaban J connectivity index is 0.000000218. The molecule has 0 atom stereocenters. The second kappa shape index (κ2) is 9.02. The van der Waals surface area contributed by atoms with Crippen molar-refractivity contribution >= 4 is 18.3 Å². The summed E-state index contributed by atoms with van der Waals surface area (Å²) in [6.45, 7) is 6.82. The van der Waals surface area contributed by atoms with E-state index >= 15 is 0 Å². The van der Waals surface area contributed by atoms with Gasteiger partial charge in [-0.1, -0.05) is 29.8 Å². The van der Waals surface area contributed by atoms with E-state index in [-0.39, 0.29) is 0 Å². The molecule has 4 heteroatoms. The lowest BCUT2D eigenvalue weighted by atomic mass is 10.1. The fraction of sp³-hybridized carbons (Fsp3) is 0.467. The Morgan fingerprint density at radius 2 is 1.84 bits per heavy atom. The van der Waals surface area contributed by atoms with Crippen LogP contribution in [0.1, 0.15) is 11.1 Å². The largest absolute Gasteiger partial charge is 0.387 e. The van der Waals surface area contributed by atoms with Crippen molar-refractivity contribution in [2.75, 3.05) is 40.3 Å². The predicted octanol–water partition coefficient (Wildman–Crippen LogP) is 1.96. The first kappa shape index (κ1) is 16.1. The monoisotopic (exact) mass is 279 g/mol. The van der Waals surface area contributed by atoms with Gasteiger partial charge in [-0.2, -0.15) is 0 Å². The highest BCUT2D eigenvalue weighted by Crippen LogP contribution is 2.12. The number of nitrogens with zero attached hydrogens (tertiary/aromatic N) is 1. The first-order valence-corrected chi connectivity index (χ1v) is 7.17. The van der Waals surface area contributed by atoms with Gasteiger partial charge in [-0.3, -0.25) is 0 Å². The van der Waals surface area contributed by atoms with Crippen molar-refractivity contribution in [1.82, 2.24) is 15.5 Å². The maximum absolute atomic E-state index is 4.11. The minimum atomic E-state index is 1.04. The molecule has 1 fully saturated rings. The summed E-state index contributed by atoms with van der Waals surface area (Å²) in [5, 5.41) is 8.11. The van der Waals surface area contributed by atoms with E-state index in [1.807, 2.05) is 7.05 Å². The summed E-state index contributed by atoms with van der Waals surface area (Å²) in [5.74, 6) is 0. The van der Waals surface area contributed by atoms with E-state index in [4.69, 9.17) is 0 Å². The lowest BCUT2D eigenvalue weighted by molar-refractivity contribution is 0.291. The predicted molar refractivity (Wildman–Crippen MR) is 87.6 cm³/mol. The fourth-order valence-corrected chi connectivity index (χ4v) is 2.07. The second-order valence-electron chi connectivity index (χ2n) is 4.71. The molecule has 19 heavy (non-hydrogen) atoms. The second-order valence-corrected chi connectivity index (χ2v) is 4.97. The summed E-state index contributed by atoms with van der Waals surface area (Å²) in [4.78, 5) is 2.33. The summed E-state index contributed by atoms with van der Waals surface area (Å²) in [5.41, 5.74) is 3.48.